The van der Waals surface area contributed by atoms with Gasteiger partial charge in [-0.25, -0.2) is 0 Å². The lowest BCUT2D eigenvalue weighted by Gasteiger charge is -2.30. The number of hydrogen-bond acceptors (Lipinski definition) is 3. The summed E-state index contributed by atoms with van der Waals surface area (Å²) in [5.41, 5.74) is 3.25. The van der Waals surface area contributed by atoms with E-state index in [0.717, 1.165) is 36.6 Å². The van der Waals surface area contributed by atoms with Gasteiger partial charge >= 0.3 is 0 Å². The first-order valence-corrected chi connectivity index (χ1v) is 11.3. The summed E-state index contributed by atoms with van der Waals surface area (Å²) in [5.74, 6) is 1.70. The minimum absolute atomic E-state index is 0.00466. The number of carbonyl (C=O) groups is 1. The number of nitrogens with one attached hydrogen (secondary N) is 1. The number of carbonyl (C=O) groups excluding carboxylic acids is 1. The molecule has 1 fully saturated rings. The second kappa shape index (κ2) is 11.2. The maximum absolute atomic E-state index is 12.4. The van der Waals surface area contributed by atoms with Crippen molar-refractivity contribution in [2.24, 2.45) is 5.92 Å². The molecule has 1 N–H and O–H groups in total. The third kappa shape index (κ3) is 7.17. The Labute approximate surface area is 181 Å². The van der Waals surface area contributed by atoms with Crippen LogP contribution < -0.4 is 10.1 Å². The highest BCUT2D eigenvalue weighted by Crippen LogP contribution is 2.18. The maximum atomic E-state index is 12.4. The van der Waals surface area contributed by atoms with E-state index in [-0.39, 0.29) is 12.0 Å². The van der Waals surface area contributed by atoms with Gasteiger partial charge in [-0.05, 0) is 87.4 Å². The molecule has 0 aliphatic carbocycles. The van der Waals surface area contributed by atoms with Crippen LogP contribution in [0.4, 0.5) is 0 Å². The predicted molar refractivity (Wildman–Crippen MR) is 123 cm³/mol. The van der Waals surface area contributed by atoms with Gasteiger partial charge in [0.25, 0.3) is 5.91 Å². The maximum Gasteiger partial charge on any atom is 0.251 e. The Kier molecular flexibility index (Phi) is 8.32. The molecule has 0 saturated carbocycles. The van der Waals surface area contributed by atoms with Gasteiger partial charge in [0, 0.05) is 25.2 Å². The fraction of sp³-hybridized carbons (Fsp3) is 0.500. The second-order valence-corrected chi connectivity index (χ2v) is 8.85. The smallest absolute Gasteiger partial charge is 0.251 e. The summed E-state index contributed by atoms with van der Waals surface area (Å²) in [5, 5.41) is 3.04. The minimum atomic E-state index is 0.00466. The van der Waals surface area contributed by atoms with Gasteiger partial charge in [0.2, 0.25) is 0 Å². The molecule has 3 rings (SSSR count). The topological polar surface area (TPSA) is 41.6 Å². The first-order valence-electron chi connectivity index (χ1n) is 11.3. The summed E-state index contributed by atoms with van der Waals surface area (Å²) in [4.78, 5) is 15.0. The third-order valence-corrected chi connectivity index (χ3v) is 5.56. The zero-order chi connectivity index (χ0) is 21.3. The van der Waals surface area contributed by atoms with Crippen molar-refractivity contribution in [1.29, 1.82) is 0 Å². The fourth-order valence-electron chi connectivity index (χ4n) is 4.09. The van der Waals surface area contributed by atoms with E-state index in [1.807, 2.05) is 38.1 Å². The van der Waals surface area contributed by atoms with Crippen LogP contribution >= 0.6 is 0 Å². The summed E-state index contributed by atoms with van der Waals surface area (Å²) in [6.07, 6.45) is 4.63. The van der Waals surface area contributed by atoms with E-state index in [4.69, 9.17) is 4.74 Å². The molecular weight excluding hydrogens is 372 g/mol. The molecule has 0 bridgehead atoms. The predicted octanol–water partition coefficient (Wildman–Crippen LogP) is 5.07. The monoisotopic (exact) mass is 408 g/mol. The molecule has 162 valence electrons. The highest BCUT2D eigenvalue weighted by molar-refractivity contribution is 5.94. The number of hydrogen-bond donors (Lipinski definition) is 1. The number of nitrogens with zero attached hydrogens (tertiary/aromatic N) is 1. The van der Waals surface area contributed by atoms with Crippen LogP contribution in [0.3, 0.4) is 0 Å². The Morgan fingerprint density at radius 3 is 2.70 bits per heavy atom. The van der Waals surface area contributed by atoms with Crippen molar-refractivity contribution >= 4 is 5.91 Å². The number of likely N-dealkylation sites (tertiary alicyclic amines) is 1. The van der Waals surface area contributed by atoms with E-state index in [9.17, 15) is 4.79 Å². The van der Waals surface area contributed by atoms with Crippen molar-refractivity contribution in [3.63, 3.8) is 0 Å². The molecule has 4 heteroatoms. The van der Waals surface area contributed by atoms with Crippen LogP contribution in [0, 0.1) is 5.92 Å². The average Bonchev–Trinajstić information content (AvgIpc) is 2.71. The van der Waals surface area contributed by atoms with Gasteiger partial charge in [0.1, 0.15) is 5.75 Å². The fourth-order valence-corrected chi connectivity index (χ4v) is 4.09. The summed E-state index contributed by atoms with van der Waals surface area (Å²) >= 11 is 0. The molecule has 1 unspecified atom stereocenters. The molecule has 0 radical (unpaired) electrons. The second-order valence-electron chi connectivity index (χ2n) is 8.85. The summed E-state index contributed by atoms with van der Waals surface area (Å²) < 4.78 is 5.75. The average molecular weight is 409 g/mol. The van der Waals surface area contributed by atoms with Crippen molar-refractivity contribution in [2.45, 2.75) is 59.1 Å². The third-order valence-electron chi connectivity index (χ3n) is 5.56. The van der Waals surface area contributed by atoms with E-state index >= 15 is 0 Å². The van der Waals surface area contributed by atoms with Crippen LogP contribution in [0.5, 0.6) is 5.75 Å². The molecule has 2 aromatic rings. The van der Waals surface area contributed by atoms with Crippen LogP contribution in [0.25, 0.3) is 0 Å². The van der Waals surface area contributed by atoms with E-state index in [2.05, 4.69) is 41.4 Å². The summed E-state index contributed by atoms with van der Waals surface area (Å²) in [7, 11) is 0. The number of amides is 1. The van der Waals surface area contributed by atoms with Crippen molar-refractivity contribution in [3.05, 3.63) is 65.2 Å². The standard InChI is InChI=1S/C26H36N2O2/c1-20(2)30-25-10-4-8-22(17-25)9-5-15-27-26(29)24-13-11-23(12-14-24)19-28-16-6-7-21(3)18-28/h4,8,10-14,17,20-21H,5-7,9,15-16,18-19H2,1-3H3,(H,27,29). The minimum Gasteiger partial charge on any atom is -0.491 e. The van der Waals surface area contributed by atoms with E-state index in [1.54, 1.807) is 0 Å². The number of aryl methyl sites for hydroxylation is 1. The Morgan fingerprint density at radius 1 is 1.17 bits per heavy atom. The van der Waals surface area contributed by atoms with Crippen LogP contribution in [-0.2, 0) is 13.0 Å². The molecule has 4 nitrogen and oxygen atoms in total. The van der Waals surface area contributed by atoms with Gasteiger partial charge in [-0.2, -0.15) is 0 Å². The molecule has 1 aliphatic heterocycles. The van der Waals surface area contributed by atoms with Crippen molar-refractivity contribution in [2.75, 3.05) is 19.6 Å². The van der Waals surface area contributed by atoms with Crippen LogP contribution in [0.1, 0.15) is 61.5 Å². The first kappa shape index (κ1) is 22.4. The number of piperidine rings is 1. The Bertz CT molecular complexity index is 801. The first-order chi connectivity index (χ1) is 14.5. The van der Waals surface area contributed by atoms with Crippen molar-refractivity contribution in [1.82, 2.24) is 10.2 Å². The lowest BCUT2D eigenvalue weighted by atomic mass is 9.99. The van der Waals surface area contributed by atoms with Gasteiger partial charge in [-0.1, -0.05) is 31.2 Å². The highest BCUT2D eigenvalue weighted by atomic mass is 16.5. The zero-order valence-electron chi connectivity index (χ0n) is 18.7. The molecule has 1 amide bonds. The van der Waals surface area contributed by atoms with Crippen molar-refractivity contribution in [3.8, 4) is 5.75 Å². The molecule has 0 spiro atoms. The number of rotatable bonds is 9. The van der Waals surface area contributed by atoms with Gasteiger partial charge in [-0.15, -0.1) is 0 Å². The largest absolute Gasteiger partial charge is 0.491 e. The van der Waals surface area contributed by atoms with Gasteiger partial charge in [0.15, 0.2) is 0 Å². The molecule has 0 aromatic heterocycles. The van der Waals surface area contributed by atoms with Crippen LogP contribution in [0.2, 0.25) is 0 Å². The van der Waals surface area contributed by atoms with Crippen molar-refractivity contribution < 1.29 is 9.53 Å². The van der Waals surface area contributed by atoms with Gasteiger partial charge in [0.05, 0.1) is 6.10 Å². The Balaban J connectivity index is 1.40. The molecule has 1 heterocycles. The van der Waals surface area contributed by atoms with E-state index in [0.29, 0.717) is 6.54 Å². The summed E-state index contributed by atoms with van der Waals surface area (Å²) in [6.45, 7) is 10.4. The molecule has 1 saturated heterocycles. The number of ether oxygens (including phenoxy) is 1. The molecular formula is C26H36N2O2. The van der Waals surface area contributed by atoms with Crippen LogP contribution in [0.15, 0.2) is 48.5 Å². The lowest BCUT2D eigenvalue weighted by Crippen LogP contribution is -2.33. The molecule has 30 heavy (non-hydrogen) atoms. The quantitative estimate of drug-likeness (QED) is 0.589. The Hall–Kier alpha value is -2.33. The van der Waals surface area contributed by atoms with Crippen LogP contribution in [-0.4, -0.2) is 36.5 Å². The van der Waals surface area contributed by atoms with Gasteiger partial charge in [-0.3, -0.25) is 9.69 Å². The van der Waals surface area contributed by atoms with Gasteiger partial charge < -0.3 is 10.1 Å². The van der Waals surface area contributed by atoms with E-state index < -0.39 is 0 Å². The molecule has 1 atom stereocenters. The SMILES string of the molecule is CC1CCCN(Cc2ccc(C(=O)NCCCc3cccc(OC(C)C)c3)cc2)C1. The zero-order valence-corrected chi connectivity index (χ0v) is 18.7. The van der Waals surface area contributed by atoms with E-state index in [1.165, 1.54) is 37.1 Å². The Morgan fingerprint density at radius 2 is 1.97 bits per heavy atom. The molecule has 1 aliphatic rings. The lowest BCUT2D eigenvalue weighted by molar-refractivity contribution is 0.0953. The highest BCUT2D eigenvalue weighted by Gasteiger charge is 2.16. The normalized spacial score (nSPS) is 17.1. The summed E-state index contributed by atoms with van der Waals surface area (Å²) in [6, 6.07) is 16.3. The molecule has 2 aromatic carbocycles. The number of benzene rings is 2.